The molecule has 0 spiro atoms. The molecule has 2 aromatic heterocycles. The maximum atomic E-state index is 2.66. The summed E-state index contributed by atoms with van der Waals surface area (Å²) in [5.41, 5.74) is 14.6. The molecule has 13 aromatic rings. The topological polar surface area (TPSA) is 9.86 Å². The molecule has 0 saturated heterocycles. The second kappa shape index (κ2) is 10.4. The van der Waals surface area contributed by atoms with E-state index in [1.807, 2.05) is 0 Å². The lowest BCUT2D eigenvalue weighted by molar-refractivity contribution is 1.14. The van der Waals surface area contributed by atoms with Gasteiger partial charge in [-0.3, -0.25) is 0 Å². The molecule has 4 heterocycles. The third kappa shape index (κ3) is 3.52. The van der Waals surface area contributed by atoms with Gasteiger partial charge in [-0.25, -0.2) is 0 Å². The molecule has 2 nitrogen and oxygen atoms in total. The zero-order valence-corrected chi connectivity index (χ0v) is 32.6. The normalized spacial score (nSPS) is 13.2. The summed E-state index contributed by atoms with van der Waals surface area (Å²) in [5.74, 6) is 0. The molecular formula is C56H33BN2. The van der Waals surface area contributed by atoms with Crippen molar-refractivity contribution < 1.29 is 0 Å². The largest absolute Gasteiger partial charge is 0.310 e. The fourth-order valence-electron chi connectivity index (χ4n) is 12.2. The van der Waals surface area contributed by atoms with Crippen LogP contribution in [0.25, 0.3) is 120 Å². The average Bonchev–Trinajstić information content (AvgIpc) is 3.79. The fourth-order valence-corrected chi connectivity index (χ4v) is 12.2. The van der Waals surface area contributed by atoms with Crippen molar-refractivity contribution in [3.8, 4) is 11.4 Å². The first kappa shape index (κ1) is 30.7. The van der Waals surface area contributed by atoms with Gasteiger partial charge in [-0.15, -0.1) is 0 Å². The van der Waals surface area contributed by atoms with Gasteiger partial charge in [-0.05, 0) is 132 Å². The highest BCUT2D eigenvalue weighted by molar-refractivity contribution is 7.02. The van der Waals surface area contributed by atoms with Crippen LogP contribution in [-0.2, 0) is 0 Å². The van der Waals surface area contributed by atoms with E-state index in [0.29, 0.717) is 0 Å². The lowest BCUT2D eigenvalue weighted by Gasteiger charge is -2.34. The van der Waals surface area contributed by atoms with Gasteiger partial charge in [0.1, 0.15) is 0 Å². The van der Waals surface area contributed by atoms with E-state index < -0.39 is 0 Å². The molecule has 11 aromatic carbocycles. The summed E-state index contributed by atoms with van der Waals surface area (Å²) in [6.45, 7) is 4.54. The van der Waals surface area contributed by atoms with Gasteiger partial charge in [-0.2, -0.15) is 0 Å². The predicted octanol–water partition coefficient (Wildman–Crippen LogP) is 12.6. The molecule has 270 valence electrons. The van der Waals surface area contributed by atoms with Crippen LogP contribution in [0, 0.1) is 13.8 Å². The Morgan fingerprint density at radius 2 is 0.847 bits per heavy atom. The average molecular weight is 745 g/mol. The van der Waals surface area contributed by atoms with Gasteiger partial charge in [0.05, 0.1) is 16.6 Å². The van der Waals surface area contributed by atoms with Crippen LogP contribution >= 0.6 is 0 Å². The first-order chi connectivity index (χ1) is 29.1. The minimum atomic E-state index is 0.0259. The third-order valence-corrected chi connectivity index (χ3v) is 14.3. The lowest BCUT2D eigenvalue weighted by Crippen LogP contribution is -2.59. The van der Waals surface area contributed by atoms with E-state index in [4.69, 9.17) is 0 Å². The second-order valence-corrected chi connectivity index (χ2v) is 17.3. The number of benzene rings is 11. The second-order valence-electron chi connectivity index (χ2n) is 17.3. The highest BCUT2D eigenvalue weighted by atomic mass is 15.0. The van der Waals surface area contributed by atoms with Gasteiger partial charge in [-0.1, -0.05) is 132 Å². The van der Waals surface area contributed by atoms with E-state index in [9.17, 15) is 0 Å². The quantitative estimate of drug-likeness (QED) is 0.108. The summed E-state index contributed by atoms with van der Waals surface area (Å²) < 4.78 is 5.26. The van der Waals surface area contributed by atoms with Gasteiger partial charge in [0.15, 0.2) is 0 Å². The van der Waals surface area contributed by atoms with Crippen molar-refractivity contribution in [3.05, 3.63) is 175 Å². The zero-order chi connectivity index (χ0) is 38.4. The molecule has 0 unspecified atom stereocenters. The predicted molar refractivity (Wildman–Crippen MR) is 254 cm³/mol. The van der Waals surface area contributed by atoms with Gasteiger partial charge in [0.2, 0.25) is 0 Å². The highest BCUT2D eigenvalue weighted by Gasteiger charge is 2.42. The number of rotatable bonds is 0. The van der Waals surface area contributed by atoms with E-state index in [1.54, 1.807) is 0 Å². The van der Waals surface area contributed by atoms with Crippen LogP contribution in [0.3, 0.4) is 0 Å². The van der Waals surface area contributed by atoms with Crippen LogP contribution in [0.1, 0.15) is 11.1 Å². The Balaban J connectivity index is 1.27. The Morgan fingerprint density at radius 1 is 0.322 bits per heavy atom. The number of aromatic nitrogens is 2. The van der Waals surface area contributed by atoms with Crippen molar-refractivity contribution in [3.63, 3.8) is 0 Å². The summed E-state index contributed by atoms with van der Waals surface area (Å²) in [5, 5.41) is 21.2. The number of hydrogen-bond donors (Lipinski definition) is 0. The maximum absolute atomic E-state index is 2.66. The Hall–Kier alpha value is -7.36. The zero-order valence-electron chi connectivity index (χ0n) is 32.6. The molecule has 0 bridgehead atoms. The molecule has 0 N–H and O–H groups in total. The van der Waals surface area contributed by atoms with Gasteiger partial charge in [0.25, 0.3) is 6.71 Å². The minimum Gasteiger partial charge on any atom is -0.310 e. The lowest BCUT2D eigenvalue weighted by atomic mass is 9.33. The maximum Gasteiger partial charge on any atom is 0.253 e. The number of fused-ring (bicyclic) bond motifs is 24. The summed E-state index contributed by atoms with van der Waals surface area (Å²) in [7, 11) is 0. The molecule has 0 fully saturated rings. The van der Waals surface area contributed by atoms with E-state index >= 15 is 0 Å². The van der Waals surface area contributed by atoms with Gasteiger partial charge in [0, 0.05) is 43.8 Å². The van der Waals surface area contributed by atoms with E-state index in [2.05, 4.69) is 187 Å². The van der Waals surface area contributed by atoms with Crippen LogP contribution in [0.15, 0.2) is 164 Å². The molecule has 2 aliphatic rings. The van der Waals surface area contributed by atoms with Crippen molar-refractivity contribution >= 4 is 131 Å². The summed E-state index contributed by atoms with van der Waals surface area (Å²) >= 11 is 0. The van der Waals surface area contributed by atoms with E-state index in [-0.39, 0.29) is 6.71 Å². The Morgan fingerprint density at radius 3 is 1.51 bits per heavy atom. The smallest absolute Gasteiger partial charge is 0.253 e. The standard InChI is InChI=1S/C56H33BN2/c1-30-22-24-46-41(26-30)43-27-31(2)28-45-55(43)58(46)48-20-11-21-49-53(48)57(45)54-51-39-19-10-8-15-35(39)33-13-4-6-17-37(33)42(51)29-44-52-47(59(49)56(44)54)25-23-40-36-16-5-3-12-32(36)34-14-7-9-18-38(34)50(40)52/h3-29H,1-2H3. The molecular weight excluding hydrogens is 711 g/mol. The van der Waals surface area contributed by atoms with Crippen molar-refractivity contribution in [2.45, 2.75) is 13.8 Å². The summed E-state index contributed by atoms with van der Waals surface area (Å²) in [6.07, 6.45) is 0. The summed E-state index contributed by atoms with van der Waals surface area (Å²) in [4.78, 5) is 0. The molecule has 15 rings (SSSR count). The van der Waals surface area contributed by atoms with Crippen LogP contribution in [-0.4, -0.2) is 15.8 Å². The van der Waals surface area contributed by atoms with Gasteiger partial charge < -0.3 is 9.13 Å². The SMILES string of the molecule is Cc1ccc2c(c1)c1cc(C)cc3c1n2-c1cccc2c1B3c1c3c4ccccc4c4ccccc4c3cc3c4c5c6ccccc6c6ccccc6c5ccc4n-2c13. The molecule has 0 saturated carbocycles. The van der Waals surface area contributed by atoms with Crippen molar-refractivity contribution in [1.82, 2.24) is 9.13 Å². The van der Waals surface area contributed by atoms with Gasteiger partial charge >= 0.3 is 0 Å². The van der Waals surface area contributed by atoms with Crippen LogP contribution in [0.4, 0.5) is 0 Å². The highest BCUT2D eigenvalue weighted by Crippen LogP contribution is 2.47. The number of aryl methyl sites for hydroxylation is 2. The van der Waals surface area contributed by atoms with Crippen molar-refractivity contribution in [2.75, 3.05) is 0 Å². The van der Waals surface area contributed by atoms with Crippen LogP contribution < -0.4 is 16.4 Å². The Kier molecular flexibility index (Phi) is 5.41. The molecule has 0 radical (unpaired) electrons. The van der Waals surface area contributed by atoms with E-state index in [1.165, 1.54) is 147 Å². The van der Waals surface area contributed by atoms with Crippen LogP contribution in [0.2, 0.25) is 0 Å². The first-order valence-corrected chi connectivity index (χ1v) is 20.9. The number of hydrogen-bond acceptors (Lipinski definition) is 0. The Labute approximate surface area is 339 Å². The van der Waals surface area contributed by atoms with Crippen molar-refractivity contribution in [2.24, 2.45) is 0 Å². The molecule has 3 heteroatoms. The Bertz CT molecular complexity index is 4130. The molecule has 0 atom stereocenters. The number of nitrogens with zero attached hydrogens (tertiary/aromatic N) is 2. The summed E-state index contributed by atoms with van der Waals surface area (Å²) in [6, 6.07) is 62.8. The minimum absolute atomic E-state index is 0.0259. The molecule has 0 amide bonds. The third-order valence-electron chi connectivity index (χ3n) is 14.3. The molecule has 59 heavy (non-hydrogen) atoms. The van der Waals surface area contributed by atoms with Crippen molar-refractivity contribution in [1.29, 1.82) is 0 Å². The van der Waals surface area contributed by atoms with E-state index in [0.717, 1.165) is 0 Å². The first-order valence-electron chi connectivity index (χ1n) is 20.9. The van der Waals surface area contributed by atoms with Crippen LogP contribution in [0.5, 0.6) is 0 Å². The fraction of sp³-hybridized carbons (Fsp3) is 0.0357. The monoisotopic (exact) mass is 744 g/mol. The molecule has 2 aliphatic heterocycles. The molecule has 0 aliphatic carbocycles.